The maximum atomic E-state index is 12.4. The van der Waals surface area contributed by atoms with Crippen LogP contribution in [0, 0.1) is 0 Å². The van der Waals surface area contributed by atoms with Gasteiger partial charge >= 0.3 is 5.97 Å². The highest BCUT2D eigenvalue weighted by Gasteiger charge is 2.18. The van der Waals surface area contributed by atoms with Crippen molar-refractivity contribution < 1.29 is 24.5 Å². The van der Waals surface area contributed by atoms with E-state index in [4.69, 9.17) is 4.74 Å². The number of aliphatic hydroxyl groups excluding tert-OH is 2. The number of aliphatic hydroxyl groups is 2. The zero-order valence-corrected chi connectivity index (χ0v) is 49.1. The number of ether oxygens (including phenoxy) is 1. The van der Waals surface area contributed by atoms with Gasteiger partial charge in [-0.2, -0.15) is 0 Å². The van der Waals surface area contributed by atoms with Crippen LogP contribution in [0.2, 0.25) is 0 Å². The second-order valence-electron chi connectivity index (χ2n) is 22.4. The van der Waals surface area contributed by atoms with Gasteiger partial charge in [0, 0.05) is 12.8 Å². The number of carbonyl (C=O) groups is 2. The summed E-state index contributed by atoms with van der Waals surface area (Å²) >= 11 is 0. The summed E-state index contributed by atoms with van der Waals surface area (Å²) in [5.74, 6) is -0.0557. The van der Waals surface area contributed by atoms with E-state index in [0.717, 1.165) is 38.5 Å². The molecule has 0 aromatic carbocycles. The predicted molar refractivity (Wildman–Crippen MR) is 319 cm³/mol. The van der Waals surface area contributed by atoms with Crippen LogP contribution in [0.15, 0.2) is 36.5 Å². The molecule has 0 fully saturated rings. The van der Waals surface area contributed by atoms with E-state index in [1.54, 1.807) is 6.08 Å². The number of allylic oxidation sites excluding steroid dienone is 5. The monoisotopic (exact) mass is 1030 g/mol. The maximum Gasteiger partial charge on any atom is 0.305 e. The summed E-state index contributed by atoms with van der Waals surface area (Å²) in [4.78, 5) is 24.5. The normalized spacial score (nSPS) is 12.8. The number of esters is 1. The molecule has 0 aromatic rings. The summed E-state index contributed by atoms with van der Waals surface area (Å²) in [6.07, 6.45) is 79.3. The van der Waals surface area contributed by atoms with Crippen LogP contribution in [0.4, 0.5) is 0 Å². The molecule has 2 atom stereocenters. The van der Waals surface area contributed by atoms with Crippen molar-refractivity contribution in [1.29, 1.82) is 0 Å². The molecule has 0 saturated heterocycles. The molecule has 1 amide bonds. The summed E-state index contributed by atoms with van der Waals surface area (Å²) < 4.78 is 5.50. The van der Waals surface area contributed by atoms with E-state index in [9.17, 15) is 19.8 Å². The van der Waals surface area contributed by atoms with Gasteiger partial charge in [0.25, 0.3) is 0 Å². The Morgan fingerprint density at radius 3 is 0.973 bits per heavy atom. The lowest BCUT2D eigenvalue weighted by molar-refractivity contribution is -0.143. The molecular weight excluding hydrogens is 899 g/mol. The highest BCUT2D eigenvalue weighted by Crippen LogP contribution is 2.17. The van der Waals surface area contributed by atoms with Gasteiger partial charge in [0.15, 0.2) is 0 Å². The van der Waals surface area contributed by atoms with Crippen molar-refractivity contribution in [3.8, 4) is 0 Å². The van der Waals surface area contributed by atoms with Crippen molar-refractivity contribution in [2.75, 3.05) is 13.2 Å². The lowest BCUT2D eigenvalue weighted by Crippen LogP contribution is -2.45. The first-order valence-corrected chi connectivity index (χ1v) is 32.8. The first kappa shape index (κ1) is 71.1. The molecular formula is C67H127NO5. The third-order valence-corrected chi connectivity index (χ3v) is 15.1. The van der Waals surface area contributed by atoms with E-state index in [1.807, 2.05) is 6.08 Å². The van der Waals surface area contributed by atoms with Gasteiger partial charge in [0.2, 0.25) is 5.91 Å². The van der Waals surface area contributed by atoms with Gasteiger partial charge < -0.3 is 20.3 Å². The summed E-state index contributed by atoms with van der Waals surface area (Å²) in [5, 5.41) is 23.0. The van der Waals surface area contributed by atoms with Crippen molar-refractivity contribution in [2.45, 2.75) is 366 Å². The molecule has 2 unspecified atom stereocenters. The molecule has 0 saturated carbocycles. The lowest BCUT2D eigenvalue weighted by atomic mass is 10.0. The van der Waals surface area contributed by atoms with Crippen LogP contribution in [0.25, 0.3) is 0 Å². The number of nitrogens with one attached hydrogen (secondary N) is 1. The van der Waals surface area contributed by atoms with E-state index in [2.05, 4.69) is 43.5 Å². The fourth-order valence-corrected chi connectivity index (χ4v) is 10.1. The molecule has 430 valence electrons. The van der Waals surface area contributed by atoms with E-state index in [-0.39, 0.29) is 18.5 Å². The standard InChI is InChI=1S/C67H127NO5/c1-3-5-7-9-11-13-15-16-17-18-28-32-35-38-41-45-49-53-57-61-67(72)73-62-58-54-50-46-42-39-36-33-30-27-25-23-21-19-20-22-24-26-29-31-34-37-40-44-48-52-56-60-66(71)68-64(63-69)65(70)59-55-51-47-43-14-12-10-8-6-4-2/h16-17,19-20,55,59,64-65,69-70H,3-15,18,21-54,56-58,60-63H2,1-2H3,(H,68,71)/b17-16-,20-19-,59-55+. The van der Waals surface area contributed by atoms with Crippen LogP contribution in [-0.2, 0) is 14.3 Å². The van der Waals surface area contributed by atoms with Gasteiger partial charge in [-0.1, -0.05) is 294 Å². The number of carbonyl (C=O) groups excluding carboxylic acids is 2. The molecule has 3 N–H and O–H groups in total. The molecule has 0 aliphatic carbocycles. The van der Waals surface area contributed by atoms with Gasteiger partial charge in [0.1, 0.15) is 0 Å². The van der Waals surface area contributed by atoms with Gasteiger partial charge in [-0.3, -0.25) is 9.59 Å². The molecule has 0 aliphatic heterocycles. The number of hydrogen-bond acceptors (Lipinski definition) is 5. The molecule has 6 heteroatoms. The molecule has 0 heterocycles. The summed E-state index contributed by atoms with van der Waals surface area (Å²) in [6, 6.07) is -0.627. The molecule has 0 bridgehead atoms. The number of hydrogen-bond donors (Lipinski definition) is 3. The van der Waals surface area contributed by atoms with Crippen LogP contribution in [0.3, 0.4) is 0 Å². The number of rotatable bonds is 61. The average molecular weight is 1030 g/mol. The Hall–Kier alpha value is -1.92. The maximum absolute atomic E-state index is 12.4. The Kier molecular flexibility index (Phi) is 61.0. The number of unbranched alkanes of at least 4 members (excludes halogenated alkanes) is 46. The molecule has 6 nitrogen and oxygen atoms in total. The fraction of sp³-hybridized carbons (Fsp3) is 0.881. The average Bonchev–Trinajstić information content (AvgIpc) is 3.39. The Labute approximate surface area is 455 Å². The zero-order valence-electron chi connectivity index (χ0n) is 49.1. The smallest absolute Gasteiger partial charge is 0.305 e. The molecule has 0 radical (unpaired) electrons. The molecule has 0 spiro atoms. The highest BCUT2D eigenvalue weighted by molar-refractivity contribution is 5.76. The van der Waals surface area contributed by atoms with Gasteiger partial charge in [-0.15, -0.1) is 0 Å². The first-order chi connectivity index (χ1) is 36.0. The van der Waals surface area contributed by atoms with Crippen LogP contribution >= 0.6 is 0 Å². The quantitative estimate of drug-likeness (QED) is 0.0320. The van der Waals surface area contributed by atoms with Gasteiger partial charge in [-0.05, 0) is 83.5 Å². The van der Waals surface area contributed by atoms with Gasteiger partial charge in [0.05, 0.1) is 25.4 Å². The van der Waals surface area contributed by atoms with Crippen molar-refractivity contribution in [3.05, 3.63) is 36.5 Å². The second-order valence-corrected chi connectivity index (χ2v) is 22.4. The lowest BCUT2D eigenvalue weighted by Gasteiger charge is -2.20. The molecule has 0 aliphatic rings. The summed E-state index contributed by atoms with van der Waals surface area (Å²) in [7, 11) is 0. The van der Waals surface area contributed by atoms with Gasteiger partial charge in [-0.25, -0.2) is 0 Å². The van der Waals surface area contributed by atoms with E-state index < -0.39 is 12.1 Å². The third kappa shape index (κ3) is 59.2. The first-order valence-electron chi connectivity index (χ1n) is 32.8. The highest BCUT2D eigenvalue weighted by atomic mass is 16.5. The Balaban J connectivity index is 3.36. The zero-order chi connectivity index (χ0) is 52.9. The second kappa shape index (κ2) is 62.6. The SMILES string of the molecule is CCCCCCCC/C=C\CCCCCCCCCCCC(=O)OCCCCCCCCCCCCCC/C=C\CCCCCCCCCCCCCC(=O)NC(CO)C(O)/C=C/CCCCCCCCCC. The van der Waals surface area contributed by atoms with Crippen molar-refractivity contribution >= 4 is 11.9 Å². The van der Waals surface area contributed by atoms with Crippen molar-refractivity contribution in [3.63, 3.8) is 0 Å². The predicted octanol–water partition coefficient (Wildman–Crippen LogP) is 20.8. The number of amides is 1. The van der Waals surface area contributed by atoms with E-state index in [0.29, 0.717) is 19.4 Å². The van der Waals surface area contributed by atoms with Crippen molar-refractivity contribution in [1.82, 2.24) is 5.32 Å². The van der Waals surface area contributed by atoms with Crippen molar-refractivity contribution in [2.24, 2.45) is 0 Å². The van der Waals surface area contributed by atoms with Crippen LogP contribution < -0.4 is 5.32 Å². The van der Waals surface area contributed by atoms with Crippen LogP contribution in [0.5, 0.6) is 0 Å². The minimum Gasteiger partial charge on any atom is -0.466 e. The Morgan fingerprint density at radius 1 is 0.370 bits per heavy atom. The molecule has 0 rings (SSSR count). The Bertz CT molecular complexity index is 1180. The molecule has 73 heavy (non-hydrogen) atoms. The summed E-state index contributed by atoms with van der Waals surface area (Å²) in [6.45, 7) is 4.90. The van der Waals surface area contributed by atoms with E-state index >= 15 is 0 Å². The Morgan fingerprint density at radius 2 is 0.644 bits per heavy atom. The minimum atomic E-state index is -0.843. The molecule has 0 aromatic heterocycles. The van der Waals surface area contributed by atoms with E-state index in [1.165, 1.54) is 289 Å². The van der Waals surface area contributed by atoms with Crippen LogP contribution in [0.1, 0.15) is 354 Å². The summed E-state index contributed by atoms with van der Waals surface area (Å²) in [5.41, 5.74) is 0. The third-order valence-electron chi connectivity index (χ3n) is 15.1. The fourth-order valence-electron chi connectivity index (χ4n) is 10.1. The van der Waals surface area contributed by atoms with Crippen LogP contribution in [-0.4, -0.2) is 47.4 Å². The topological polar surface area (TPSA) is 95.9 Å². The minimum absolute atomic E-state index is 0.0144. The largest absolute Gasteiger partial charge is 0.466 e.